The second kappa shape index (κ2) is 8.25. The Morgan fingerprint density at radius 3 is 2.48 bits per heavy atom. The molecule has 0 bridgehead atoms. The van der Waals surface area contributed by atoms with Gasteiger partial charge in [0.25, 0.3) is 0 Å². The van der Waals surface area contributed by atoms with Crippen molar-refractivity contribution in [3.63, 3.8) is 0 Å². The highest BCUT2D eigenvalue weighted by molar-refractivity contribution is 5.89. The fourth-order valence-corrected chi connectivity index (χ4v) is 2.30. The Morgan fingerprint density at radius 2 is 1.86 bits per heavy atom. The molecular weight excluding hydrogens is 390 g/mol. The number of hydrogen-bond acceptors (Lipinski definition) is 8. The van der Waals surface area contributed by atoms with Gasteiger partial charge in [0.2, 0.25) is 5.82 Å². The lowest BCUT2D eigenvalue weighted by Gasteiger charge is -2.10. The Morgan fingerprint density at radius 1 is 1.14 bits per heavy atom. The Bertz CT molecular complexity index is 1080. The quantitative estimate of drug-likeness (QED) is 0.374. The third-order valence-corrected chi connectivity index (χ3v) is 3.65. The van der Waals surface area contributed by atoms with E-state index in [9.17, 15) is 23.7 Å². The molecule has 148 valence electrons. The number of carbonyl (C=O) groups is 1. The number of esters is 1. The highest BCUT2D eigenvalue weighted by Crippen LogP contribution is 2.35. The normalized spacial score (nSPS) is 10.3. The van der Waals surface area contributed by atoms with Crippen molar-refractivity contribution in [1.82, 2.24) is 9.97 Å². The zero-order valence-corrected chi connectivity index (χ0v) is 14.8. The lowest BCUT2D eigenvalue weighted by molar-refractivity contribution is -0.385. The number of benzene rings is 2. The summed E-state index contributed by atoms with van der Waals surface area (Å²) in [4.78, 5) is 29.7. The van der Waals surface area contributed by atoms with Gasteiger partial charge in [-0.05, 0) is 36.4 Å². The summed E-state index contributed by atoms with van der Waals surface area (Å²) in [6, 6.07) is 8.27. The van der Waals surface area contributed by atoms with Crippen molar-refractivity contribution < 1.29 is 28.0 Å². The molecule has 1 N–H and O–H groups in total. The minimum absolute atomic E-state index is 0.151. The highest BCUT2D eigenvalue weighted by atomic mass is 19.1. The van der Waals surface area contributed by atoms with Gasteiger partial charge >= 0.3 is 17.5 Å². The van der Waals surface area contributed by atoms with Crippen LogP contribution in [0.3, 0.4) is 0 Å². The average Bonchev–Trinajstić information content (AvgIpc) is 2.70. The molecule has 1 aromatic heterocycles. The summed E-state index contributed by atoms with van der Waals surface area (Å²) in [5.74, 6) is -2.93. The number of carbonyl (C=O) groups excluding carboxylic acids is 1. The van der Waals surface area contributed by atoms with E-state index in [2.05, 4.69) is 20.0 Å². The summed E-state index contributed by atoms with van der Waals surface area (Å²) in [5.41, 5.74) is -0.624. The molecule has 0 amide bonds. The molecule has 0 aliphatic carbocycles. The Kier molecular flexibility index (Phi) is 5.58. The molecule has 3 rings (SSSR count). The molecule has 0 radical (unpaired) electrons. The minimum atomic E-state index is -0.959. The van der Waals surface area contributed by atoms with E-state index in [4.69, 9.17) is 4.74 Å². The van der Waals surface area contributed by atoms with Gasteiger partial charge in [-0.25, -0.2) is 18.6 Å². The molecule has 11 heteroatoms. The van der Waals surface area contributed by atoms with E-state index in [1.54, 1.807) is 0 Å². The van der Waals surface area contributed by atoms with Crippen molar-refractivity contribution in [3.05, 3.63) is 76.1 Å². The number of aromatic nitrogens is 2. The van der Waals surface area contributed by atoms with Gasteiger partial charge in [0.1, 0.15) is 23.7 Å². The summed E-state index contributed by atoms with van der Waals surface area (Å²) in [6.07, 6.45) is 0.981. The van der Waals surface area contributed by atoms with Gasteiger partial charge in [-0.1, -0.05) is 0 Å². The second-order valence-corrected chi connectivity index (χ2v) is 5.50. The number of ether oxygens (including phenoxy) is 2. The van der Waals surface area contributed by atoms with Crippen LogP contribution in [0, 0.1) is 21.7 Å². The van der Waals surface area contributed by atoms with Crippen LogP contribution in [-0.2, 0) is 4.74 Å². The smallest absolute Gasteiger partial charge is 0.373 e. The molecule has 2 aromatic carbocycles. The predicted molar refractivity (Wildman–Crippen MR) is 96.2 cm³/mol. The summed E-state index contributed by atoms with van der Waals surface area (Å²) < 4.78 is 36.9. The summed E-state index contributed by atoms with van der Waals surface area (Å²) in [5, 5.41) is 14.0. The van der Waals surface area contributed by atoms with Gasteiger partial charge in [0, 0.05) is 6.07 Å². The van der Waals surface area contributed by atoms with Crippen molar-refractivity contribution in [1.29, 1.82) is 0 Å². The number of halogens is 2. The van der Waals surface area contributed by atoms with Crippen molar-refractivity contribution in [2.45, 2.75) is 0 Å². The van der Waals surface area contributed by atoms with Crippen LogP contribution < -0.4 is 10.1 Å². The zero-order chi connectivity index (χ0) is 21.0. The lowest BCUT2D eigenvalue weighted by Crippen LogP contribution is -2.05. The van der Waals surface area contributed by atoms with Crippen molar-refractivity contribution in [2.24, 2.45) is 0 Å². The van der Waals surface area contributed by atoms with E-state index in [-0.39, 0.29) is 22.8 Å². The van der Waals surface area contributed by atoms with Crippen molar-refractivity contribution >= 4 is 23.2 Å². The first-order valence-electron chi connectivity index (χ1n) is 7.96. The van der Waals surface area contributed by atoms with Gasteiger partial charge in [-0.2, -0.15) is 4.98 Å². The van der Waals surface area contributed by atoms with E-state index in [0.29, 0.717) is 6.07 Å². The largest absolute Gasteiger partial charge is 0.465 e. The van der Waals surface area contributed by atoms with Crippen LogP contribution in [0.5, 0.6) is 11.6 Å². The Hall–Kier alpha value is -4.15. The first-order chi connectivity index (χ1) is 13.9. The van der Waals surface area contributed by atoms with Gasteiger partial charge < -0.3 is 14.8 Å². The molecule has 0 saturated heterocycles. The van der Waals surface area contributed by atoms with Crippen LogP contribution in [0.1, 0.15) is 10.4 Å². The number of hydrogen-bond donors (Lipinski definition) is 1. The van der Waals surface area contributed by atoms with Gasteiger partial charge in [0.15, 0.2) is 0 Å². The molecule has 0 fully saturated rings. The average molecular weight is 402 g/mol. The minimum Gasteiger partial charge on any atom is -0.465 e. The van der Waals surface area contributed by atoms with Gasteiger partial charge in [-0.15, -0.1) is 0 Å². The van der Waals surface area contributed by atoms with Crippen LogP contribution in [0.4, 0.5) is 26.0 Å². The van der Waals surface area contributed by atoms with Crippen LogP contribution in [0.2, 0.25) is 0 Å². The van der Waals surface area contributed by atoms with Gasteiger partial charge in [0.05, 0.1) is 23.3 Å². The number of methoxy groups -OCH3 is 1. The molecule has 0 saturated carbocycles. The Balaban J connectivity index is 1.92. The highest BCUT2D eigenvalue weighted by Gasteiger charge is 2.26. The standard InChI is InChI=1S/C18H12F2N4O5/c1-28-18(25)10-2-5-12(6-3-10)29-17-15(24(26)27)16(21-9-22-17)23-14-7-4-11(19)8-13(14)20/h2-9H,1H3,(H,21,22,23). The molecule has 1 heterocycles. The molecule has 0 aliphatic rings. The van der Waals surface area contributed by atoms with Crippen molar-refractivity contribution in [3.8, 4) is 11.6 Å². The maximum Gasteiger partial charge on any atom is 0.373 e. The van der Waals surface area contributed by atoms with Crippen molar-refractivity contribution in [2.75, 3.05) is 12.4 Å². The SMILES string of the molecule is COC(=O)c1ccc(Oc2ncnc(Nc3ccc(F)cc3F)c2[N+](=O)[O-])cc1. The van der Waals surface area contributed by atoms with E-state index in [0.717, 1.165) is 18.5 Å². The number of nitrogens with zero attached hydrogens (tertiary/aromatic N) is 3. The second-order valence-electron chi connectivity index (χ2n) is 5.50. The third-order valence-electron chi connectivity index (χ3n) is 3.65. The molecule has 0 unspecified atom stereocenters. The monoisotopic (exact) mass is 402 g/mol. The lowest BCUT2D eigenvalue weighted by atomic mass is 10.2. The fraction of sp³-hybridized carbons (Fsp3) is 0.0556. The number of nitrogens with one attached hydrogen (secondary N) is 1. The molecular formula is C18H12F2N4O5. The van der Waals surface area contributed by atoms with Crippen LogP contribution in [-0.4, -0.2) is 28.0 Å². The summed E-state index contributed by atoms with van der Waals surface area (Å²) in [7, 11) is 1.23. The maximum absolute atomic E-state index is 13.9. The molecule has 29 heavy (non-hydrogen) atoms. The molecule has 9 nitrogen and oxygen atoms in total. The zero-order valence-electron chi connectivity index (χ0n) is 14.8. The van der Waals surface area contributed by atoms with E-state index >= 15 is 0 Å². The summed E-state index contributed by atoms with van der Waals surface area (Å²) in [6.45, 7) is 0. The first kappa shape index (κ1) is 19.6. The van der Waals surface area contributed by atoms with E-state index < -0.39 is 34.1 Å². The molecule has 3 aromatic rings. The topological polar surface area (TPSA) is 116 Å². The van der Waals surface area contributed by atoms with Gasteiger partial charge in [-0.3, -0.25) is 10.1 Å². The van der Waals surface area contributed by atoms with Crippen LogP contribution in [0.15, 0.2) is 48.8 Å². The number of anilines is 2. The molecule has 0 spiro atoms. The first-order valence-corrected chi connectivity index (χ1v) is 7.96. The maximum atomic E-state index is 13.9. The van der Waals surface area contributed by atoms with E-state index in [1.807, 2.05) is 0 Å². The van der Waals surface area contributed by atoms with Crippen LogP contribution >= 0.6 is 0 Å². The summed E-state index contributed by atoms with van der Waals surface area (Å²) >= 11 is 0. The fourth-order valence-electron chi connectivity index (χ4n) is 2.30. The third kappa shape index (κ3) is 4.40. The Labute approximate surface area is 162 Å². The molecule has 0 atom stereocenters. The molecule has 0 aliphatic heterocycles. The van der Waals surface area contributed by atoms with Crippen LogP contribution in [0.25, 0.3) is 0 Å². The predicted octanol–water partition coefficient (Wildman–Crippen LogP) is 3.99. The van der Waals surface area contributed by atoms with E-state index in [1.165, 1.54) is 31.4 Å². The number of nitro groups is 1. The number of rotatable bonds is 6.